The summed E-state index contributed by atoms with van der Waals surface area (Å²) in [4.78, 5) is 2.28. The molecule has 1 unspecified atom stereocenters. The minimum absolute atomic E-state index is 0.0392. The van der Waals surface area contributed by atoms with Crippen molar-refractivity contribution < 1.29 is 9.84 Å². The quantitative estimate of drug-likeness (QED) is 0.248. The minimum Gasteiger partial charge on any atom is -0.465 e. The maximum atomic E-state index is 9.97. The molecule has 3 nitrogen and oxygen atoms in total. The molecule has 0 amide bonds. The second kappa shape index (κ2) is 10.0. The van der Waals surface area contributed by atoms with Crippen molar-refractivity contribution in [3.05, 3.63) is 121 Å². The van der Waals surface area contributed by atoms with E-state index in [0.717, 1.165) is 28.2 Å². The Hall–Kier alpha value is -4.08. The normalized spacial score (nSPS) is 12.0. The van der Waals surface area contributed by atoms with Gasteiger partial charge in [0.1, 0.15) is 5.75 Å². The fourth-order valence-corrected chi connectivity index (χ4v) is 4.14. The zero-order chi connectivity index (χ0) is 24.2. The molecule has 0 radical (unpaired) electrons. The summed E-state index contributed by atoms with van der Waals surface area (Å²) in [6.07, 6.45) is -0.806. The first-order valence-corrected chi connectivity index (χ1v) is 12.0. The molecular weight excluding hydrogens is 430 g/mol. The summed E-state index contributed by atoms with van der Waals surface area (Å²) in [5.41, 5.74) is 5.54. The molecule has 0 aliphatic carbocycles. The molecule has 0 bridgehead atoms. The van der Waals surface area contributed by atoms with E-state index in [1.54, 1.807) is 0 Å². The summed E-state index contributed by atoms with van der Waals surface area (Å²) in [6.45, 7) is 3.86. The lowest BCUT2D eigenvalue weighted by Crippen LogP contribution is -2.21. The van der Waals surface area contributed by atoms with Crippen molar-refractivity contribution in [2.75, 3.05) is 4.90 Å². The molecule has 0 aliphatic rings. The second-order valence-corrected chi connectivity index (χ2v) is 9.03. The topological polar surface area (TPSA) is 32.7 Å². The molecule has 1 N–H and O–H groups in total. The van der Waals surface area contributed by atoms with Crippen LogP contribution >= 0.6 is 0 Å². The molecule has 0 spiro atoms. The number of fused-ring (bicyclic) bond motifs is 1. The van der Waals surface area contributed by atoms with Crippen molar-refractivity contribution in [3.8, 4) is 16.9 Å². The van der Waals surface area contributed by atoms with E-state index in [9.17, 15) is 5.11 Å². The van der Waals surface area contributed by atoms with E-state index in [0.29, 0.717) is 5.75 Å². The van der Waals surface area contributed by atoms with Gasteiger partial charge in [-0.15, -0.1) is 0 Å². The molecule has 174 valence electrons. The van der Waals surface area contributed by atoms with Crippen LogP contribution in [0.3, 0.4) is 0 Å². The molecule has 1 atom stereocenters. The van der Waals surface area contributed by atoms with E-state index in [-0.39, 0.29) is 5.92 Å². The summed E-state index contributed by atoms with van der Waals surface area (Å²) in [5.74, 6) is 0.704. The minimum atomic E-state index is -0.806. The predicted octanol–water partition coefficient (Wildman–Crippen LogP) is 8.33. The Labute approximate surface area is 206 Å². The molecule has 0 fully saturated rings. The summed E-state index contributed by atoms with van der Waals surface area (Å²) in [6, 6.07) is 41.9. The fourth-order valence-electron chi connectivity index (χ4n) is 4.14. The number of benzene rings is 5. The van der Waals surface area contributed by atoms with Crippen LogP contribution in [0.4, 0.5) is 17.1 Å². The number of aliphatic hydroxyl groups is 1. The number of hydrogen-bond acceptors (Lipinski definition) is 3. The van der Waals surface area contributed by atoms with E-state index in [2.05, 4.69) is 95.9 Å². The maximum Gasteiger partial charge on any atom is 0.199 e. The molecular formula is C32H29NO2. The molecule has 35 heavy (non-hydrogen) atoms. The summed E-state index contributed by atoms with van der Waals surface area (Å²) >= 11 is 0. The standard InChI is InChI=1S/C32H29NO2/c1-23(2)32(34)35-31-20-15-26(16-21-31)25-12-17-29(18-13-25)33(28-10-4-3-5-11-28)30-19-14-24-8-6-7-9-27(24)22-30/h3-23,32,34H,1-2H3. The summed E-state index contributed by atoms with van der Waals surface area (Å²) < 4.78 is 5.59. The van der Waals surface area contributed by atoms with Gasteiger partial charge in [-0.25, -0.2) is 0 Å². The van der Waals surface area contributed by atoms with Crippen LogP contribution < -0.4 is 9.64 Å². The molecule has 5 aromatic rings. The first-order chi connectivity index (χ1) is 17.1. The fraction of sp³-hybridized carbons (Fsp3) is 0.125. The van der Waals surface area contributed by atoms with E-state index in [1.807, 2.05) is 44.2 Å². The van der Waals surface area contributed by atoms with Gasteiger partial charge >= 0.3 is 0 Å². The maximum absolute atomic E-state index is 9.97. The van der Waals surface area contributed by atoms with Crippen LogP contribution in [0.25, 0.3) is 21.9 Å². The molecule has 3 heteroatoms. The Morgan fingerprint density at radius 3 is 1.77 bits per heavy atom. The van der Waals surface area contributed by atoms with Gasteiger partial charge in [0.2, 0.25) is 0 Å². The van der Waals surface area contributed by atoms with Crippen molar-refractivity contribution in [1.82, 2.24) is 0 Å². The summed E-state index contributed by atoms with van der Waals surface area (Å²) in [7, 11) is 0. The largest absolute Gasteiger partial charge is 0.465 e. The van der Waals surface area contributed by atoms with Crippen molar-refractivity contribution >= 4 is 27.8 Å². The van der Waals surface area contributed by atoms with Gasteiger partial charge in [0.15, 0.2) is 6.29 Å². The van der Waals surface area contributed by atoms with Crippen molar-refractivity contribution in [2.24, 2.45) is 5.92 Å². The van der Waals surface area contributed by atoms with Crippen LogP contribution in [0.1, 0.15) is 13.8 Å². The number of hydrogen-bond donors (Lipinski definition) is 1. The Balaban J connectivity index is 1.45. The van der Waals surface area contributed by atoms with Crippen LogP contribution in [0.5, 0.6) is 5.75 Å². The van der Waals surface area contributed by atoms with Crippen molar-refractivity contribution in [3.63, 3.8) is 0 Å². The Morgan fingerprint density at radius 1 is 0.571 bits per heavy atom. The monoisotopic (exact) mass is 459 g/mol. The van der Waals surface area contributed by atoms with Crippen LogP contribution in [0, 0.1) is 5.92 Å². The lowest BCUT2D eigenvalue weighted by atomic mass is 10.0. The van der Waals surface area contributed by atoms with Gasteiger partial charge < -0.3 is 14.7 Å². The Kier molecular flexibility index (Phi) is 6.51. The van der Waals surface area contributed by atoms with Gasteiger partial charge in [-0.05, 0) is 70.4 Å². The Morgan fingerprint density at radius 2 is 1.11 bits per heavy atom. The van der Waals surface area contributed by atoms with Gasteiger partial charge in [0, 0.05) is 23.0 Å². The van der Waals surface area contributed by atoms with E-state index < -0.39 is 6.29 Å². The third-order valence-corrected chi connectivity index (χ3v) is 6.15. The lowest BCUT2D eigenvalue weighted by molar-refractivity contribution is -0.0515. The van der Waals surface area contributed by atoms with Crippen LogP contribution in [0.15, 0.2) is 121 Å². The molecule has 0 aliphatic heterocycles. The molecule has 0 aromatic heterocycles. The van der Waals surface area contributed by atoms with Gasteiger partial charge in [-0.3, -0.25) is 0 Å². The van der Waals surface area contributed by atoms with Gasteiger partial charge in [0.25, 0.3) is 0 Å². The van der Waals surface area contributed by atoms with Gasteiger partial charge in [-0.1, -0.05) is 86.6 Å². The Bertz CT molecular complexity index is 1390. The zero-order valence-electron chi connectivity index (χ0n) is 20.0. The highest BCUT2D eigenvalue weighted by Crippen LogP contribution is 2.37. The van der Waals surface area contributed by atoms with Crippen LogP contribution in [0.2, 0.25) is 0 Å². The van der Waals surface area contributed by atoms with Crippen LogP contribution in [-0.4, -0.2) is 11.4 Å². The van der Waals surface area contributed by atoms with Crippen LogP contribution in [-0.2, 0) is 0 Å². The number of ether oxygens (including phenoxy) is 1. The lowest BCUT2D eigenvalue weighted by Gasteiger charge is -2.26. The third kappa shape index (κ3) is 5.06. The van der Waals surface area contributed by atoms with Gasteiger partial charge in [-0.2, -0.15) is 0 Å². The number of para-hydroxylation sites is 1. The highest BCUT2D eigenvalue weighted by Gasteiger charge is 2.14. The first kappa shape index (κ1) is 22.7. The van der Waals surface area contributed by atoms with E-state index in [1.165, 1.54) is 10.8 Å². The number of anilines is 3. The molecule has 0 saturated heterocycles. The first-order valence-electron chi connectivity index (χ1n) is 12.0. The molecule has 5 aromatic carbocycles. The second-order valence-electron chi connectivity index (χ2n) is 9.03. The number of rotatable bonds is 7. The highest BCUT2D eigenvalue weighted by atomic mass is 16.6. The smallest absolute Gasteiger partial charge is 0.199 e. The van der Waals surface area contributed by atoms with E-state index in [4.69, 9.17) is 4.74 Å². The van der Waals surface area contributed by atoms with Gasteiger partial charge in [0.05, 0.1) is 0 Å². The number of nitrogens with zero attached hydrogens (tertiary/aromatic N) is 1. The molecule has 0 heterocycles. The summed E-state index contributed by atoms with van der Waals surface area (Å²) in [5, 5.41) is 12.4. The molecule has 0 saturated carbocycles. The molecule has 5 rings (SSSR count). The predicted molar refractivity (Wildman–Crippen MR) is 146 cm³/mol. The highest BCUT2D eigenvalue weighted by molar-refractivity contribution is 5.89. The number of aliphatic hydroxyl groups excluding tert-OH is 1. The van der Waals surface area contributed by atoms with E-state index >= 15 is 0 Å². The van der Waals surface area contributed by atoms with Crippen molar-refractivity contribution in [1.29, 1.82) is 0 Å². The third-order valence-electron chi connectivity index (χ3n) is 6.15. The average molecular weight is 460 g/mol. The zero-order valence-corrected chi connectivity index (χ0v) is 20.0. The SMILES string of the molecule is CC(C)C(O)Oc1ccc(-c2ccc(N(c3ccccc3)c3ccc4ccccc4c3)cc2)cc1. The average Bonchev–Trinajstić information content (AvgIpc) is 2.90. The van der Waals surface area contributed by atoms with Crippen molar-refractivity contribution in [2.45, 2.75) is 20.1 Å².